The molecule has 0 fully saturated rings. The third kappa shape index (κ3) is 6.90. The SMILES string of the molecule is CCCNCCCOc1ccc(S(=O)(=O)NN(C)C)cc1. The summed E-state index contributed by atoms with van der Waals surface area (Å²) >= 11 is 0. The predicted octanol–water partition coefficient (Wildman–Crippen LogP) is 1.21. The van der Waals surface area contributed by atoms with Crippen molar-refractivity contribution in [3.05, 3.63) is 24.3 Å². The lowest BCUT2D eigenvalue weighted by molar-refractivity contribution is 0.308. The van der Waals surface area contributed by atoms with E-state index in [1.165, 1.54) is 17.1 Å². The molecule has 0 unspecified atom stereocenters. The van der Waals surface area contributed by atoms with Crippen molar-refractivity contribution in [3.63, 3.8) is 0 Å². The molecule has 0 saturated carbocycles. The second-order valence-electron chi connectivity index (χ2n) is 4.91. The second-order valence-corrected chi connectivity index (χ2v) is 6.57. The Morgan fingerprint density at radius 2 is 1.81 bits per heavy atom. The second kappa shape index (κ2) is 8.99. The van der Waals surface area contributed by atoms with E-state index in [9.17, 15) is 8.42 Å². The summed E-state index contributed by atoms with van der Waals surface area (Å²) < 4.78 is 29.4. The molecule has 0 heterocycles. The smallest absolute Gasteiger partial charge is 0.253 e. The molecule has 0 aliphatic heterocycles. The minimum Gasteiger partial charge on any atom is -0.494 e. The van der Waals surface area contributed by atoms with Crippen LogP contribution in [0.5, 0.6) is 5.75 Å². The molecule has 0 bridgehead atoms. The van der Waals surface area contributed by atoms with E-state index in [1.807, 2.05) is 0 Å². The van der Waals surface area contributed by atoms with Gasteiger partial charge in [0.2, 0.25) is 0 Å². The number of nitrogens with one attached hydrogen (secondary N) is 2. The van der Waals surface area contributed by atoms with E-state index in [4.69, 9.17) is 4.74 Å². The zero-order valence-corrected chi connectivity index (χ0v) is 13.7. The van der Waals surface area contributed by atoms with Crippen molar-refractivity contribution in [2.75, 3.05) is 33.8 Å². The standard InChI is InChI=1S/C14H25N3O3S/c1-4-10-15-11-5-12-20-13-6-8-14(9-7-13)21(18,19)16-17(2)3/h6-9,15-16H,4-5,10-12H2,1-3H3. The van der Waals surface area contributed by atoms with Gasteiger partial charge >= 0.3 is 0 Å². The normalized spacial score (nSPS) is 11.8. The van der Waals surface area contributed by atoms with Crippen LogP contribution in [0.4, 0.5) is 0 Å². The molecule has 0 radical (unpaired) electrons. The monoisotopic (exact) mass is 315 g/mol. The largest absolute Gasteiger partial charge is 0.494 e. The highest BCUT2D eigenvalue weighted by atomic mass is 32.2. The van der Waals surface area contributed by atoms with Gasteiger partial charge in [-0.15, -0.1) is 4.83 Å². The van der Waals surface area contributed by atoms with Gasteiger partial charge in [0.05, 0.1) is 11.5 Å². The van der Waals surface area contributed by atoms with Crippen LogP contribution >= 0.6 is 0 Å². The van der Waals surface area contributed by atoms with Crippen LogP contribution in [0.3, 0.4) is 0 Å². The van der Waals surface area contributed by atoms with Gasteiger partial charge in [0, 0.05) is 14.1 Å². The Morgan fingerprint density at radius 3 is 2.38 bits per heavy atom. The summed E-state index contributed by atoms with van der Waals surface area (Å²) in [6.45, 7) is 4.68. The number of hydrazine groups is 1. The van der Waals surface area contributed by atoms with Crippen LogP contribution in [-0.2, 0) is 10.0 Å². The van der Waals surface area contributed by atoms with Gasteiger partial charge in [0.1, 0.15) is 5.75 Å². The average molecular weight is 315 g/mol. The highest BCUT2D eigenvalue weighted by Gasteiger charge is 2.14. The first kappa shape index (κ1) is 17.9. The molecule has 0 aromatic heterocycles. The van der Waals surface area contributed by atoms with Crippen LogP contribution in [-0.4, -0.2) is 47.2 Å². The topological polar surface area (TPSA) is 70.7 Å². The molecule has 120 valence electrons. The van der Waals surface area contributed by atoms with Crippen molar-refractivity contribution in [3.8, 4) is 5.75 Å². The molecule has 2 N–H and O–H groups in total. The van der Waals surface area contributed by atoms with Crippen molar-refractivity contribution in [2.45, 2.75) is 24.7 Å². The van der Waals surface area contributed by atoms with E-state index in [-0.39, 0.29) is 4.90 Å². The summed E-state index contributed by atoms with van der Waals surface area (Å²) in [5, 5.41) is 4.69. The lowest BCUT2D eigenvalue weighted by Crippen LogP contribution is -2.36. The first-order chi connectivity index (χ1) is 9.95. The molecule has 6 nitrogen and oxygen atoms in total. The maximum Gasteiger partial charge on any atom is 0.253 e. The fourth-order valence-electron chi connectivity index (χ4n) is 1.70. The Bertz CT molecular complexity index is 501. The first-order valence-corrected chi connectivity index (χ1v) is 8.57. The molecule has 1 rings (SSSR count). The molecule has 0 amide bonds. The maximum atomic E-state index is 11.9. The van der Waals surface area contributed by atoms with Crippen molar-refractivity contribution < 1.29 is 13.2 Å². The van der Waals surface area contributed by atoms with Crippen LogP contribution < -0.4 is 14.9 Å². The minimum atomic E-state index is -3.50. The van der Waals surface area contributed by atoms with E-state index in [0.29, 0.717) is 12.4 Å². The zero-order chi connectivity index (χ0) is 15.7. The summed E-state index contributed by atoms with van der Waals surface area (Å²) in [5.74, 6) is 0.675. The third-order valence-electron chi connectivity index (χ3n) is 2.63. The Labute approximate surface area is 127 Å². The molecule has 21 heavy (non-hydrogen) atoms. The average Bonchev–Trinajstić information content (AvgIpc) is 2.42. The quantitative estimate of drug-likeness (QED) is 0.502. The van der Waals surface area contributed by atoms with Crippen LogP contribution in [0.2, 0.25) is 0 Å². The molecule has 7 heteroatoms. The number of rotatable bonds is 10. The molecule has 0 saturated heterocycles. The molecular formula is C14H25N3O3S. The minimum absolute atomic E-state index is 0.216. The number of ether oxygens (including phenoxy) is 1. The highest BCUT2D eigenvalue weighted by Crippen LogP contribution is 2.16. The molecule has 0 atom stereocenters. The molecule has 1 aromatic rings. The number of hydrogen-bond acceptors (Lipinski definition) is 5. The number of hydrogen-bond donors (Lipinski definition) is 2. The Morgan fingerprint density at radius 1 is 1.14 bits per heavy atom. The van der Waals surface area contributed by atoms with Gasteiger partial charge in [0.15, 0.2) is 0 Å². The Kier molecular flexibility index (Phi) is 7.66. The number of benzene rings is 1. The van der Waals surface area contributed by atoms with Gasteiger partial charge in [-0.25, -0.2) is 13.4 Å². The van der Waals surface area contributed by atoms with Crippen LogP contribution in [0, 0.1) is 0 Å². The fraction of sp³-hybridized carbons (Fsp3) is 0.571. The molecule has 1 aromatic carbocycles. The Hall–Kier alpha value is -1.15. The van der Waals surface area contributed by atoms with Gasteiger partial charge in [0.25, 0.3) is 10.0 Å². The third-order valence-corrected chi connectivity index (χ3v) is 4.13. The van der Waals surface area contributed by atoms with Crippen molar-refractivity contribution in [2.24, 2.45) is 0 Å². The first-order valence-electron chi connectivity index (χ1n) is 7.09. The lowest BCUT2D eigenvalue weighted by atomic mass is 10.3. The lowest BCUT2D eigenvalue weighted by Gasteiger charge is -2.13. The van der Waals surface area contributed by atoms with Gasteiger partial charge in [-0.2, -0.15) is 0 Å². The van der Waals surface area contributed by atoms with E-state index in [2.05, 4.69) is 17.1 Å². The van der Waals surface area contributed by atoms with E-state index >= 15 is 0 Å². The fourth-order valence-corrected chi connectivity index (χ4v) is 2.78. The van der Waals surface area contributed by atoms with Gasteiger partial charge in [-0.3, -0.25) is 0 Å². The maximum absolute atomic E-state index is 11.9. The molecular weight excluding hydrogens is 290 g/mol. The zero-order valence-electron chi connectivity index (χ0n) is 12.9. The molecule has 0 aliphatic rings. The summed E-state index contributed by atoms with van der Waals surface area (Å²) in [7, 11) is -0.248. The molecule has 0 aliphatic carbocycles. The van der Waals surface area contributed by atoms with E-state index < -0.39 is 10.0 Å². The molecule has 0 spiro atoms. The van der Waals surface area contributed by atoms with Crippen molar-refractivity contribution in [1.82, 2.24) is 15.2 Å². The predicted molar refractivity (Wildman–Crippen MR) is 83.7 cm³/mol. The summed E-state index contributed by atoms with van der Waals surface area (Å²) in [5.41, 5.74) is 0. The summed E-state index contributed by atoms with van der Waals surface area (Å²) in [4.78, 5) is 2.60. The Balaban J connectivity index is 2.44. The van der Waals surface area contributed by atoms with Crippen molar-refractivity contribution >= 4 is 10.0 Å². The highest BCUT2D eigenvalue weighted by molar-refractivity contribution is 7.89. The number of nitrogens with zero attached hydrogens (tertiary/aromatic N) is 1. The van der Waals surface area contributed by atoms with Crippen molar-refractivity contribution in [1.29, 1.82) is 0 Å². The van der Waals surface area contributed by atoms with Gasteiger partial charge in [-0.05, 0) is 50.2 Å². The number of sulfonamides is 1. The van der Waals surface area contributed by atoms with Crippen LogP contribution in [0.15, 0.2) is 29.2 Å². The van der Waals surface area contributed by atoms with Gasteiger partial charge in [-0.1, -0.05) is 6.92 Å². The summed E-state index contributed by atoms with van der Waals surface area (Å²) in [6, 6.07) is 6.42. The van der Waals surface area contributed by atoms with E-state index in [1.54, 1.807) is 26.2 Å². The van der Waals surface area contributed by atoms with Gasteiger partial charge < -0.3 is 10.1 Å². The van der Waals surface area contributed by atoms with E-state index in [0.717, 1.165) is 25.9 Å². The summed E-state index contributed by atoms with van der Waals surface area (Å²) in [6.07, 6.45) is 2.04. The van der Waals surface area contributed by atoms with Crippen LogP contribution in [0.1, 0.15) is 19.8 Å². The van der Waals surface area contributed by atoms with Crippen LogP contribution in [0.25, 0.3) is 0 Å².